The number of alkyl halides is 3. The van der Waals surface area contributed by atoms with E-state index in [0.29, 0.717) is 19.2 Å². The molecule has 0 amide bonds. The predicted molar refractivity (Wildman–Crippen MR) is 87.9 cm³/mol. The van der Waals surface area contributed by atoms with Crippen molar-refractivity contribution in [1.82, 2.24) is 4.90 Å². The van der Waals surface area contributed by atoms with Crippen molar-refractivity contribution in [3.05, 3.63) is 39.9 Å². The molecule has 1 aromatic heterocycles. The van der Waals surface area contributed by atoms with Gasteiger partial charge in [0.25, 0.3) is 5.52 Å². The number of nitrogens with one attached hydrogen (secondary N) is 1. The third-order valence-electron chi connectivity index (χ3n) is 4.09. The molecule has 0 radical (unpaired) electrons. The monoisotopic (exact) mass is 369 g/mol. The Morgan fingerprint density at radius 2 is 1.81 bits per heavy atom. The first-order valence-corrected chi connectivity index (χ1v) is 8.00. The molecule has 2 rings (SSSR count). The van der Waals surface area contributed by atoms with Gasteiger partial charge in [-0.2, -0.15) is 18.4 Å². The van der Waals surface area contributed by atoms with Crippen LogP contribution in [0.15, 0.2) is 18.2 Å². The van der Waals surface area contributed by atoms with Crippen molar-refractivity contribution in [1.29, 1.82) is 5.26 Å². The topological polar surface area (TPSA) is 92.9 Å². The number of nitrogens with zero attached hydrogens (tertiary/aromatic N) is 4. The van der Waals surface area contributed by atoms with Crippen LogP contribution in [0, 0.1) is 21.7 Å². The number of rotatable bonds is 6. The highest BCUT2D eigenvalue weighted by Crippen LogP contribution is 2.30. The number of nitriles is 1. The van der Waals surface area contributed by atoms with E-state index in [1.165, 1.54) is 0 Å². The van der Waals surface area contributed by atoms with Crippen molar-refractivity contribution >= 4 is 16.9 Å². The average Bonchev–Trinajstić information content (AvgIpc) is 2.61. The number of fused-ring (bicyclic) bond motifs is 1. The van der Waals surface area contributed by atoms with E-state index >= 15 is 0 Å². The Morgan fingerprint density at radius 1 is 1.15 bits per heavy atom. The molecular weight excluding hydrogens is 351 g/mol. The summed E-state index contributed by atoms with van der Waals surface area (Å²) in [6.45, 7) is 6.39. The highest BCUT2D eigenvalue weighted by atomic mass is 19.4. The molecule has 7 nitrogen and oxygen atoms in total. The molecular formula is C16H18F3N5O2. The van der Waals surface area contributed by atoms with E-state index < -0.39 is 23.0 Å². The number of aromatic nitrogens is 2. The van der Waals surface area contributed by atoms with Crippen LogP contribution in [0.2, 0.25) is 0 Å². The van der Waals surface area contributed by atoms with Crippen molar-refractivity contribution in [2.45, 2.75) is 20.0 Å². The zero-order chi connectivity index (χ0) is 19.5. The van der Waals surface area contributed by atoms with Gasteiger partial charge in [-0.3, -0.25) is 5.32 Å². The van der Waals surface area contributed by atoms with E-state index in [0.717, 1.165) is 25.2 Å². The van der Waals surface area contributed by atoms with Gasteiger partial charge in [-0.1, -0.05) is 13.8 Å². The summed E-state index contributed by atoms with van der Waals surface area (Å²) in [5.41, 5.74) is -2.41. The summed E-state index contributed by atoms with van der Waals surface area (Å²) in [5.74, 6) is -0.276. The predicted octanol–water partition coefficient (Wildman–Crippen LogP) is 1.75. The zero-order valence-electron chi connectivity index (χ0n) is 14.3. The van der Waals surface area contributed by atoms with Crippen molar-refractivity contribution in [2.75, 3.05) is 31.5 Å². The Labute approximate surface area is 148 Å². The summed E-state index contributed by atoms with van der Waals surface area (Å²) in [7, 11) is 0. The summed E-state index contributed by atoms with van der Waals surface area (Å²) in [6.07, 6.45) is -4.66. The van der Waals surface area contributed by atoms with Crippen LogP contribution >= 0.6 is 0 Å². The maximum Gasteiger partial charge on any atom is 0.416 e. The number of anilines is 1. The fourth-order valence-corrected chi connectivity index (χ4v) is 2.59. The highest BCUT2D eigenvalue weighted by Gasteiger charge is 2.34. The summed E-state index contributed by atoms with van der Waals surface area (Å²) in [5, 5.41) is 36.8. The number of benzene rings is 1. The first kappa shape index (κ1) is 19.5. The van der Waals surface area contributed by atoms with Crippen LogP contribution in [0.4, 0.5) is 19.0 Å². The van der Waals surface area contributed by atoms with E-state index in [1.807, 2.05) is 13.8 Å². The number of halogens is 3. The van der Waals surface area contributed by atoms with Crippen LogP contribution in [-0.2, 0) is 6.18 Å². The molecule has 140 valence electrons. The summed E-state index contributed by atoms with van der Waals surface area (Å²) in [6, 6.07) is 3.81. The second kappa shape index (κ2) is 7.61. The quantitative estimate of drug-likeness (QED) is 0.619. The normalized spacial score (nSPS) is 11.7. The second-order valence-electron chi connectivity index (χ2n) is 5.55. The van der Waals surface area contributed by atoms with E-state index in [-0.39, 0.29) is 20.8 Å². The number of likely N-dealkylation sites (N-methyl/N-ethyl adjacent to an activating group) is 1. The van der Waals surface area contributed by atoms with Gasteiger partial charge in [0.15, 0.2) is 6.07 Å². The van der Waals surface area contributed by atoms with E-state index in [1.54, 1.807) is 6.07 Å². The SMILES string of the molecule is CCN(CC)CCNc1c(C#N)[n+]([O-])c2cc(C(F)(F)F)ccc2[n+]1[O-]. The molecule has 2 aromatic rings. The molecule has 0 aliphatic heterocycles. The van der Waals surface area contributed by atoms with Gasteiger partial charge >= 0.3 is 17.7 Å². The lowest BCUT2D eigenvalue weighted by Gasteiger charge is -2.18. The van der Waals surface area contributed by atoms with Gasteiger partial charge in [-0.25, -0.2) is 4.73 Å². The van der Waals surface area contributed by atoms with Crippen molar-refractivity contribution in [3.63, 3.8) is 0 Å². The van der Waals surface area contributed by atoms with Gasteiger partial charge in [-0.05, 0) is 25.2 Å². The Balaban J connectivity index is 2.49. The summed E-state index contributed by atoms with van der Waals surface area (Å²) >= 11 is 0. The maximum absolute atomic E-state index is 12.8. The lowest BCUT2D eigenvalue weighted by molar-refractivity contribution is -0.620. The standard InChI is InChI=1S/C16H18F3N5O2/c1-3-22(4-2)8-7-21-15-14(10-20)23(25)13-9-11(16(17,18)19)5-6-12(13)24(15)26/h5-6,9,21H,3-4,7-8H2,1-2H3. The van der Waals surface area contributed by atoms with E-state index in [2.05, 4.69) is 10.2 Å². The zero-order valence-corrected chi connectivity index (χ0v) is 14.3. The largest absolute Gasteiger partial charge is 0.710 e. The maximum atomic E-state index is 12.8. The molecule has 1 aromatic carbocycles. The van der Waals surface area contributed by atoms with Crippen molar-refractivity contribution < 1.29 is 22.6 Å². The Bertz CT molecular complexity index is 845. The van der Waals surface area contributed by atoms with E-state index in [4.69, 9.17) is 0 Å². The molecule has 0 bridgehead atoms. The van der Waals surface area contributed by atoms with Gasteiger partial charge < -0.3 is 15.3 Å². The van der Waals surface area contributed by atoms with Crippen LogP contribution in [0.5, 0.6) is 0 Å². The molecule has 0 spiro atoms. The van der Waals surface area contributed by atoms with Crippen molar-refractivity contribution in [2.24, 2.45) is 0 Å². The molecule has 0 saturated heterocycles. The Morgan fingerprint density at radius 3 is 2.35 bits per heavy atom. The van der Waals surface area contributed by atoms with Crippen LogP contribution in [-0.4, -0.2) is 31.1 Å². The molecule has 0 atom stereocenters. The van der Waals surface area contributed by atoms with Crippen molar-refractivity contribution in [3.8, 4) is 6.07 Å². The molecule has 0 aliphatic carbocycles. The lowest BCUT2D eigenvalue weighted by atomic mass is 10.2. The second-order valence-corrected chi connectivity index (χ2v) is 5.55. The summed E-state index contributed by atoms with van der Waals surface area (Å²) < 4.78 is 38.9. The molecule has 0 unspecified atom stereocenters. The minimum absolute atomic E-state index is 0.0543. The number of hydrogen-bond acceptors (Lipinski definition) is 5. The minimum Gasteiger partial charge on any atom is -0.710 e. The fraction of sp³-hybridized carbons (Fsp3) is 0.438. The van der Waals surface area contributed by atoms with Crippen LogP contribution in [0.1, 0.15) is 25.1 Å². The third-order valence-corrected chi connectivity index (χ3v) is 4.09. The Kier molecular flexibility index (Phi) is 5.72. The fourth-order valence-electron chi connectivity index (χ4n) is 2.59. The number of hydrogen-bond donors (Lipinski definition) is 1. The van der Waals surface area contributed by atoms with Crippen LogP contribution < -0.4 is 14.8 Å². The molecule has 26 heavy (non-hydrogen) atoms. The molecule has 1 heterocycles. The molecule has 0 aliphatic rings. The molecule has 10 heteroatoms. The van der Waals surface area contributed by atoms with Gasteiger partial charge in [-0.15, -0.1) is 4.73 Å². The lowest BCUT2D eigenvalue weighted by Crippen LogP contribution is -2.44. The van der Waals surface area contributed by atoms with Gasteiger partial charge in [0, 0.05) is 12.6 Å². The van der Waals surface area contributed by atoms with Gasteiger partial charge in [0.1, 0.15) is 0 Å². The van der Waals surface area contributed by atoms with Crippen LogP contribution in [0.25, 0.3) is 11.0 Å². The van der Waals surface area contributed by atoms with E-state index in [9.17, 15) is 28.8 Å². The van der Waals surface area contributed by atoms with Gasteiger partial charge in [0.2, 0.25) is 5.52 Å². The highest BCUT2D eigenvalue weighted by molar-refractivity contribution is 5.70. The molecule has 1 N–H and O–H groups in total. The Hall–Kier alpha value is -2.80. The average molecular weight is 369 g/mol. The van der Waals surface area contributed by atoms with Crippen LogP contribution in [0.3, 0.4) is 0 Å². The molecule has 0 fully saturated rings. The minimum atomic E-state index is -4.66. The smallest absolute Gasteiger partial charge is 0.416 e. The molecule has 0 saturated carbocycles. The first-order chi connectivity index (χ1) is 12.2. The van der Waals surface area contributed by atoms with Gasteiger partial charge in [0.05, 0.1) is 12.1 Å². The summed E-state index contributed by atoms with van der Waals surface area (Å²) in [4.78, 5) is 2.07. The first-order valence-electron chi connectivity index (χ1n) is 8.00. The third kappa shape index (κ3) is 3.72.